The maximum Gasteiger partial charge on any atom is 0.259 e. The maximum atomic E-state index is 13.1. The third-order valence-electron chi connectivity index (χ3n) is 5.00. The smallest absolute Gasteiger partial charge is 0.259 e. The van der Waals surface area contributed by atoms with Gasteiger partial charge in [-0.05, 0) is 41.6 Å². The third-order valence-corrected chi connectivity index (χ3v) is 5.00. The fourth-order valence-electron chi connectivity index (χ4n) is 3.67. The summed E-state index contributed by atoms with van der Waals surface area (Å²) >= 11 is 0. The number of benzene rings is 3. The number of rotatable bonds is 5. The van der Waals surface area contributed by atoms with Gasteiger partial charge >= 0.3 is 0 Å². The van der Waals surface area contributed by atoms with E-state index in [9.17, 15) is 9.59 Å². The number of aromatic nitrogens is 1. The second-order valence-electron chi connectivity index (χ2n) is 6.93. The molecule has 0 aliphatic heterocycles. The Labute approximate surface area is 162 Å². The molecule has 0 saturated heterocycles. The molecule has 5 heteroatoms. The van der Waals surface area contributed by atoms with E-state index in [0.717, 1.165) is 39.5 Å². The van der Waals surface area contributed by atoms with Gasteiger partial charge in [0.05, 0.1) is 5.39 Å². The highest BCUT2D eigenvalue weighted by Crippen LogP contribution is 2.26. The van der Waals surface area contributed by atoms with Gasteiger partial charge in [-0.2, -0.15) is 0 Å². The van der Waals surface area contributed by atoms with Crippen LogP contribution in [0.3, 0.4) is 0 Å². The number of nitrogens with zero attached hydrogens (tertiary/aromatic N) is 1. The van der Waals surface area contributed by atoms with Crippen LogP contribution >= 0.6 is 0 Å². The van der Waals surface area contributed by atoms with E-state index in [1.54, 1.807) is 0 Å². The second-order valence-corrected chi connectivity index (χ2v) is 6.93. The summed E-state index contributed by atoms with van der Waals surface area (Å²) in [5, 5.41) is 6.83. The van der Waals surface area contributed by atoms with E-state index in [1.807, 2.05) is 67.5 Å². The van der Waals surface area contributed by atoms with Crippen LogP contribution in [-0.4, -0.2) is 10.5 Å². The summed E-state index contributed by atoms with van der Waals surface area (Å²) in [4.78, 5) is 24.7. The van der Waals surface area contributed by atoms with Crippen LogP contribution in [0.2, 0.25) is 0 Å². The molecule has 0 aliphatic carbocycles. The molecular formula is C23H21N3O2. The van der Waals surface area contributed by atoms with E-state index in [-0.39, 0.29) is 5.56 Å². The molecule has 0 unspecified atom stereocenters. The Hall–Kier alpha value is -3.56. The van der Waals surface area contributed by atoms with Gasteiger partial charge in [-0.15, -0.1) is 0 Å². The molecule has 4 rings (SSSR count). The first-order valence-corrected chi connectivity index (χ1v) is 9.34. The number of hydrogen-bond acceptors (Lipinski definition) is 4. The van der Waals surface area contributed by atoms with Gasteiger partial charge in [0.25, 0.3) is 5.56 Å². The Morgan fingerprint density at radius 2 is 1.86 bits per heavy atom. The molecule has 0 saturated carbocycles. The molecule has 28 heavy (non-hydrogen) atoms. The minimum atomic E-state index is -0.153. The fourth-order valence-corrected chi connectivity index (χ4v) is 3.67. The summed E-state index contributed by atoms with van der Waals surface area (Å²) in [7, 11) is 0. The van der Waals surface area contributed by atoms with Crippen LogP contribution in [0.4, 0.5) is 11.4 Å². The Bertz CT molecular complexity index is 1300. The molecule has 4 aromatic rings. The van der Waals surface area contributed by atoms with E-state index in [2.05, 4.69) is 5.32 Å². The molecule has 0 atom stereocenters. The molecule has 140 valence electrons. The van der Waals surface area contributed by atoms with E-state index < -0.39 is 0 Å². The van der Waals surface area contributed by atoms with Crippen molar-refractivity contribution in [1.29, 1.82) is 0 Å². The normalized spacial score (nSPS) is 11.0. The van der Waals surface area contributed by atoms with E-state index in [1.165, 1.54) is 4.57 Å². The number of nitrogen functional groups attached to an aromatic ring is 1. The quantitative estimate of drug-likeness (QED) is 0.529. The highest BCUT2D eigenvalue weighted by Gasteiger charge is 2.13. The molecule has 1 heterocycles. The highest BCUT2D eigenvalue weighted by atomic mass is 16.1. The average molecular weight is 371 g/mol. The molecule has 3 aromatic carbocycles. The van der Waals surface area contributed by atoms with Crippen LogP contribution < -0.4 is 22.0 Å². The van der Waals surface area contributed by atoms with Crippen molar-refractivity contribution < 1.29 is 4.79 Å². The predicted molar refractivity (Wildman–Crippen MR) is 114 cm³/mol. The van der Waals surface area contributed by atoms with E-state index in [0.29, 0.717) is 23.8 Å². The van der Waals surface area contributed by atoms with Crippen molar-refractivity contribution in [2.75, 3.05) is 11.1 Å². The Morgan fingerprint density at radius 1 is 1.07 bits per heavy atom. The minimum absolute atomic E-state index is 0.153. The van der Waals surface area contributed by atoms with Gasteiger partial charge in [-0.25, -0.2) is 4.79 Å². The topological polar surface area (TPSA) is 77.1 Å². The zero-order valence-corrected chi connectivity index (χ0v) is 15.7. The second kappa shape index (κ2) is 7.22. The number of hydrogen-bond donors (Lipinski definition) is 2. The minimum Gasteiger partial charge on any atom is -0.399 e. The summed E-state index contributed by atoms with van der Waals surface area (Å²) in [5.74, 6) is 1.98. The zero-order valence-electron chi connectivity index (χ0n) is 15.7. The fraction of sp³-hybridized carbons (Fsp3) is 0.174. The van der Waals surface area contributed by atoms with E-state index >= 15 is 0 Å². The van der Waals surface area contributed by atoms with Crippen LogP contribution in [0.5, 0.6) is 0 Å². The van der Waals surface area contributed by atoms with Crippen LogP contribution in [0.25, 0.3) is 21.5 Å². The molecule has 1 aromatic heterocycles. The molecule has 0 fully saturated rings. The molecule has 0 aliphatic rings. The first-order chi connectivity index (χ1) is 13.6. The van der Waals surface area contributed by atoms with E-state index in [4.69, 9.17) is 5.73 Å². The first kappa shape index (κ1) is 17.8. The number of nitrogens with one attached hydrogen (secondary N) is 1. The van der Waals surface area contributed by atoms with Crippen molar-refractivity contribution in [3.05, 3.63) is 75.9 Å². The van der Waals surface area contributed by atoms with Gasteiger partial charge in [-0.3, -0.25) is 9.36 Å². The third kappa shape index (κ3) is 3.02. The summed E-state index contributed by atoms with van der Waals surface area (Å²) in [6, 6.07) is 17.3. The van der Waals surface area contributed by atoms with Crippen LogP contribution in [0.1, 0.15) is 18.9 Å². The van der Waals surface area contributed by atoms with Gasteiger partial charge < -0.3 is 11.1 Å². The Morgan fingerprint density at radius 3 is 2.57 bits per heavy atom. The molecular weight excluding hydrogens is 350 g/mol. The Kier molecular flexibility index (Phi) is 4.60. The zero-order chi connectivity index (χ0) is 19.7. The maximum absolute atomic E-state index is 13.1. The van der Waals surface area contributed by atoms with Crippen LogP contribution in [0, 0.1) is 0 Å². The van der Waals surface area contributed by atoms with Gasteiger partial charge in [0, 0.05) is 35.2 Å². The first-order valence-electron chi connectivity index (χ1n) is 9.34. The summed E-state index contributed by atoms with van der Waals surface area (Å²) in [6.45, 7) is 3.09. The number of carbonyl (C=O) groups excluding carboxylic acids is 1. The van der Waals surface area contributed by atoms with Crippen LogP contribution in [0.15, 0.2) is 59.4 Å². The summed E-state index contributed by atoms with van der Waals surface area (Å²) in [6.07, 6.45) is 0.761. The van der Waals surface area contributed by atoms with Crippen molar-refractivity contribution in [2.24, 2.45) is 0 Å². The molecule has 0 amide bonds. The SMILES string of the molecule is CCCn1c(=O)c2cc(NCc3ccc(N)cc3)cc3cccc(c1=C=O)c32. The van der Waals surface area contributed by atoms with Gasteiger partial charge in [0.1, 0.15) is 5.35 Å². The lowest BCUT2D eigenvalue weighted by molar-refractivity contribution is 0.561. The standard InChI is InChI=1S/C23H21N3O2/c1-2-10-26-21(14-27)19-5-3-4-16-11-18(12-20(22(16)19)23(26)28)25-13-15-6-8-17(24)9-7-15/h3-9,11-12,25H,2,10,13,24H2,1H3. The van der Waals surface area contributed by atoms with Gasteiger partial charge in [0.2, 0.25) is 0 Å². The Balaban J connectivity index is 1.87. The largest absolute Gasteiger partial charge is 0.399 e. The lowest BCUT2D eigenvalue weighted by atomic mass is 10.0. The van der Waals surface area contributed by atoms with Crippen molar-refractivity contribution in [3.63, 3.8) is 0 Å². The molecule has 3 N–H and O–H groups in total. The highest BCUT2D eigenvalue weighted by molar-refractivity contribution is 6.11. The number of nitrogens with two attached hydrogens (primary N) is 1. The molecule has 0 bridgehead atoms. The summed E-state index contributed by atoms with van der Waals surface area (Å²) < 4.78 is 1.54. The molecule has 5 nitrogen and oxygen atoms in total. The monoisotopic (exact) mass is 371 g/mol. The van der Waals surface area contributed by atoms with Crippen LogP contribution in [-0.2, 0) is 17.9 Å². The van der Waals surface area contributed by atoms with Crippen molar-refractivity contribution >= 4 is 38.9 Å². The predicted octanol–water partition coefficient (Wildman–Crippen LogP) is 2.98. The van der Waals surface area contributed by atoms with Gasteiger partial charge in [0.15, 0.2) is 5.94 Å². The number of anilines is 2. The number of pyridine rings is 1. The van der Waals surface area contributed by atoms with Crippen molar-refractivity contribution in [2.45, 2.75) is 26.4 Å². The lowest BCUT2D eigenvalue weighted by Crippen LogP contribution is -2.34. The van der Waals surface area contributed by atoms with Crippen molar-refractivity contribution in [1.82, 2.24) is 4.57 Å². The molecule has 0 radical (unpaired) electrons. The van der Waals surface area contributed by atoms with Crippen molar-refractivity contribution in [3.8, 4) is 0 Å². The van der Waals surface area contributed by atoms with Gasteiger partial charge in [-0.1, -0.05) is 37.3 Å². The summed E-state index contributed by atoms with van der Waals surface area (Å²) in [5.41, 5.74) is 8.27. The molecule has 0 spiro atoms. The average Bonchev–Trinajstić information content (AvgIpc) is 2.71. The lowest BCUT2D eigenvalue weighted by Gasteiger charge is -2.14.